The van der Waals surface area contributed by atoms with Gasteiger partial charge in [-0.2, -0.15) is 13.2 Å². The van der Waals surface area contributed by atoms with Crippen LogP contribution in [-0.2, 0) is 13.1 Å². The lowest BCUT2D eigenvalue weighted by Gasteiger charge is -2.16. The number of imidazole rings is 1. The number of aliphatic hydroxyl groups is 2. The van der Waals surface area contributed by atoms with Crippen LogP contribution in [0, 0.1) is 0 Å². The molecule has 0 fully saturated rings. The van der Waals surface area contributed by atoms with Gasteiger partial charge in [-0.25, -0.2) is 14.5 Å². The van der Waals surface area contributed by atoms with Crippen molar-refractivity contribution in [2.45, 2.75) is 38.4 Å². The van der Waals surface area contributed by atoms with E-state index in [4.69, 9.17) is 46.4 Å². The summed E-state index contributed by atoms with van der Waals surface area (Å²) in [5.74, 6) is 0.0288. The van der Waals surface area contributed by atoms with E-state index in [1.54, 1.807) is 18.2 Å². The number of aromatic nitrogens is 5. The Kier molecular flexibility index (Phi) is 8.17. The Morgan fingerprint density at radius 3 is 2.13 bits per heavy atom. The summed E-state index contributed by atoms with van der Waals surface area (Å²) in [6, 6.07) is 10.6. The quantitative estimate of drug-likeness (QED) is 0.286. The SMILES string of the molecule is C[C@H](O)c1nc(Cn2c(Cl)c(-c3ccc(Cl)cc3)n(C[C@H](O)C(F)(F)F)c2=O)nn1-c1c(Cl)cccc1Cl. The summed E-state index contributed by atoms with van der Waals surface area (Å²) in [4.78, 5) is 17.6. The monoisotopic (exact) mass is 609 g/mol. The number of hydrogen-bond donors (Lipinski definition) is 2. The molecule has 0 saturated heterocycles. The summed E-state index contributed by atoms with van der Waals surface area (Å²) < 4.78 is 42.4. The van der Waals surface area contributed by atoms with E-state index >= 15 is 0 Å². The van der Waals surface area contributed by atoms with Crippen molar-refractivity contribution in [3.05, 3.63) is 84.8 Å². The third-order valence-corrected chi connectivity index (χ3v) is 6.76. The van der Waals surface area contributed by atoms with Crippen LogP contribution in [0.15, 0.2) is 47.3 Å². The average Bonchev–Trinajstić information content (AvgIpc) is 3.34. The van der Waals surface area contributed by atoms with E-state index < -0.39 is 30.6 Å². The Morgan fingerprint density at radius 1 is 0.974 bits per heavy atom. The molecule has 4 rings (SSSR count). The molecule has 0 amide bonds. The van der Waals surface area contributed by atoms with E-state index in [0.717, 1.165) is 9.13 Å². The van der Waals surface area contributed by atoms with Crippen molar-refractivity contribution in [3.63, 3.8) is 0 Å². The fourth-order valence-corrected chi connectivity index (χ4v) is 4.76. The summed E-state index contributed by atoms with van der Waals surface area (Å²) in [7, 11) is 0. The Bertz CT molecular complexity index is 1510. The fourth-order valence-electron chi connectivity index (χ4n) is 3.73. The molecule has 0 aliphatic rings. The van der Waals surface area contributed by atoms with Crippen molar-refractivity contribution >= 4 is 46.4 Å². The lowest BCUT2D eigenvalue weighted by molar-refractivity contribution is -0.207. The van der Waals surface area contributed by atoms with Crippen molar-refractivity contribution in [1.29, 1.82) is 0 Å². The smallest absolute Gasteiger partial charge is 0.385 e. The van der Waals surface area contributed by atoms with Crippen LogP contribution in [0.2, 0.25) is 20.2 Å². The van der Waals surface area contributed by atoms with Crippen molar-refractivity contribution in [2.24, 2.45) is 0 Å². The molecule has 202 valence electrons. The van der Waals surface area contributed by atoms with Gasteiger partial charge in [0.25, 0.3) is 0 Å². The van der Waals surface area contributed by atoms with Crippen molar-refractivity contribution in [2.75, 3.05) is 0 Å². The second kappa shape index (κ2) is 10.9. The second-order valence-electron chi connectivity index (χ2n) is 8.23. The minimum absolute atomic E-state index is 0.0166. The number of hydrogen-bond acceptors (Lipinski definition) is 5. The van der Waals surface area contributed by atoms with Gasteiger partial charge >= 0.3 is 11.9 Å². The van der Waals surface area contributed by atoms with Crippen molar-refractivity contribution in [3.8, 4) is 16.9 Å². The van der Waals surface area contributed by atoms with Gasteiger partial charge in [0.05, 0.1) is 28.8 Å². The van der Waals surface area contributed by atoms with Crippen LogP contribution < -0.4 is 5.69 Å². The average molecular weight is 611 g/mol. The molecule has 2 atom stereocenters. The van der Waals surface area contributed by atoms with E-state index in [1.165, 1.54) is 35.9 Å². The van der Waals surface area contributed by atoms with Gasteiger partial charge in [-0.3, -0.25) is 9.13 Å². The van der Waals surface area contributed by atoms with Gasteiger partial charge < -0.3 is 10.2 Å². The third kappa shape index (κ3) is 5.58. The van der Waals surface area contributed by atoms with E-state index in [0.29, 0.717) is 5.02 Å². The number of aliphatic hydroxyl groups excluding tert-OH is 2. The number of halogens is 7. The first kappa shape index (κ1) is 28.5. The molecule has 0 spiro atoms. The van der Waals surface area contributed by atoms with Crippen molar-refractivity contribution < 1.29 is 23.4 Å². The highest BCUT2D eigenvalue weighted by Crippen LogP contribution is 2.32. The maximum atomic E-state index is 13.3. The maximum Gasteiger partial charge on any atom is 0.416 e. The molecule has 4 aromatic rings. The minimum Gasteiger partial charge on any atom is -0.385 e. The largest absolute Gasteiger partial charge is 0.416 e. The molecule has 2 heterocycles. The predicted octanol–water partition coefficient (Wildman–Crippen LogP) is 5.54. The van der Waals surface area contributed by atoms with E-state index in [1.807, 2.05) is 0 Å². The van der Waals surface area contributed by atoms with Crippen LogP contribution in [0.3, 0.4) is 0 Å². The highest BCUT2D eigenvalue weighted by Gasteiger charge is 2.39. The lowest BCUT2D eigenvalue weighted by atomic mass is 10.1. The topological polar surface area (TPSA) is 98.1 Å². The molecule has 2 N–H and O–H groups in total. The zero-order chi connectivity index (χ0) is 27.9. The van der Waals surface area contributed by atoms with E-state index in [2.05, 4.69) is 10.1 Å². The molecule has 8 nitrogen and oxygen atoms in total. The fraction of sp³-hybridized carbons (Fsp3) is 0.261. The van der Waals surface area contributed by atoms with Gasteiger partial charge in [-0.15, -0.1) is 5.10 Å². The van der Waals surface area contributed by atoms with Gasteiger partial charge in [0.1, 0.15) is 16.9 Å². The van der Waals surface area contributed by atoms with Gasteiger partial charge in [0.2, 0.25) is 0 Å². The number of nitrogens with zero attached hydrogens (tertiary/aromatic N) is 5. The maximum absolute atomic E-state index is 13.3. The third-order valence-electron chi connectivity index (χ3n) is 5.51. The zero-order valence-corrected chi connectivity index (χ0v) is 22.3. The number of para-hydroxylation sites is 1. The molecule has 15 heteroatoms. The van der Waals surface area contributed by atoms with Gasteiger partial charge in [0, 0.05) is 10.6 Å². The molecule has 2 aromatic carbocycles. The second-order valence-corrected chi connectivity index (χ2v) is 9.84. The predicted molar refractivity (Wildman–Crippen MR) is 137 cm³/mol. The molecule has 0 bridgehead atoms. The molecular weight excluding hydrogens is 593 g/mol. The van der Waals surface area contributed by atoms with Crippen LogP contribution in [0.1, 0.15) is 24.7 Å². The number of rotatable bonds is 7. The molecule has 0 aliphatic carbocycles. The summed E-state index contributed by atoms with van der Waals surface area (Å²) >= 11 is 25.0. The van der Waals surface area contributed by atoms with Gasteiger partial charge in [-0.05, 0) is 31.2 Å². The van der Waals surface area contributed by atoms with Crippen LogP contribution in [0.25, 0.3) is 16.9 Å². The molecule has 0 radical (unpaired) electrons. The molecule has 38 heavy (non-hydrogen) atoms. The summed E-state index contributed by atoms with van der Waals surface area (Å²) in [6.07, 6.45) is -8.95. The standard InChI is InChI=1S/C23H18Cl4F3N5O3/c1-11(36)21-31-17(32-35(21)19-14(25)3-2-4-15(19)26)10-34-20(27)18(12-5-7-13(24)8-6-12)33(22(34)38)9-16(37)23(28,29)30/h2-8,11,16,36-37H,9-10H2,1H3/t11-,16-/m0/s1. The zero-order valence-electron chi connectivity index (χ0n) is 19.3. The first-order valence-corrected chi connectivity index (χ1v) is 12.4. The molecule has 0 aliphatic heterocycles. The Labute approximate surface area is 233 Å². The molecular formula is C23H18Cl4F3N5O3. The Balaban J connectivity index is 1.85. The first-order chi connectivity index (χ1) is 17.8. The number of alkyl halides is 3. The highest BCUT2D eigenvalue weighted by molar-refractivity contribution is 6.37. The van der Waals surface area contributed by atoms with Gasteiger partial charge in [-0.1, -0.05) is 64.6 Å². The van der Waals surface area contributed by atoms with Crippen LogP contribution in [0.5, 0.6) is 0 Å². The first-order valence-electron chi connectivity index (χ1n) is 10.9. The van der Waals surface area contributed by atoms with E-state index in [-0.39, 0.29) is 50.3 Å². The van der Waals surface area contributed by atoms with Crippen LogP contribution in [0.4, 0.5) is 13.2 Å². The summed E-state index contributed by atoms with van der Waals surface area (Å²) in [5.41, 5.74) is -0.498. The Morgan fingerprint density at radius 2 is 1.58 bits per heavy atom. The summed E-state index contributed by atoms with van der Waals surface area (Å²) in [6.45, 7) is -0.0625. The van der Waals surface area contributed by atoms with Crippen LogP contribution in [-0.4, -0.2) is 46.4 Å². The molecule has 0 unspecified atom stereocenters. The number of benzene rings is 2. The summed E-state index contributed by atoms with van der Waals surface area (Å²) in [5, 5.41) is 24.9. The molecule has 2 aromatic heterocycles. The van der Waals surface area contributed by atoms with E-state index in [9.17, 15) is 28.2 Å². The lowest BCUT2D eigenvalue weighted by Crippen LogP contribution is -2.37. The Hall–Kier alpha value is -2.54. The minimum atomic E-state index is -4.98. The molecule has 0 saturated carbocycles. The van der Waals surface area contributed by atoms with Crippen LogP contribution >= 0.6 is 46.4 Å². The normalized spacial score (nSPS) is 13.6. The highest BCUT2D eigenvalue weighted by atomic mass is 35.5. The van der Waals surface area contributed by atoms with Gasteiger partial charge in [0.15, 0.2) is 17.8 Å². The van der Waals surface area contributed by atoms with Crippen molar-refractivity contribution in [1.82, 2.24) is 23.9 Å².